The minimum atomic E-state index is -0.264. The minimum absolute atomic E-state index is 0.264. The summed E-state index contributed by atoms with van der Waals surface area (Å²) in [6.07, 6.45) is 4.24. The first kappa shape index (κ1) is 21.1. The van der Waals surface area contributed by atoms with Gasteiger partial charge in [0.1, 0.15) is 5.75 Å². The molecule has 32 heavy (non-hydrogen) atoms. The molecule has 0 fully saturated rings. The van der Waals surface area contributed by atoms with Gasteiger partial charge in [-0.05, 0) is 52.6 Å². The molecular formula is C27H25N3O2. The Morgan fingerprint density at radius 2 is 1.62 bits per heavy atom. The van der Waals surface area contributed by atoms with E-state index >= 15 is 0 Å². The van der Waals surface area contributed by atoms with E-state index in [2.05, 4.69) is 64.1 Å². The number of rotatable bonds is 8. The molecule has 0 spiro atoms. The second-order valence-corrected chi connectivity index (χ2v) is 7.31. The zero-order valence-electron chi connectivity index (χ0n) is 17.7. The number of hydrogen-bond donors (Lipinski definition) is 2. The van der Waals surface area contributed by atoms with Crippen LogP contribution >= 0.6 is 0 Å². The molecule has 4 aromatic rings. The maximum absolute atomic E-state index is 12.1. The second-order valence-electron chi connectivity index (χ2n) is 7.31. The summed E-state index contributed by atoms with van der Waals surface area (Å²) in [5.74, 6) is 0.767. The van der Waals surface area contributed by atoms with Crippen LogP contribution in [0.4, 0.5) is 10.5 Å². The molecule has 0 aliphatic rings. The van der Waals surface area contributed by atoms with Crippen LogP contribution < -0.4 is 15.4 Å². The maximum atomic E-state index is 12.1. The number of aromatic nitrogens is 1. The summed E-state index contributed by atoms with van der Waals surface area (Å²) in [5, 5.41) is 5.63. The Kier molecular flexibility index (Phi) is 7.11. The predicted octanol–water partition coefficient (Wildman–Crippen LogP) is 5.69. The quantitative estimate of drug-likeness (QED) is 0.383. The van der Waals surface area contributed by atoms with Crippen LogP contribution in [0, 0.1) is 0 Å². The van der Waals surface area contributed by atoms with Gasteiger partial charge in [-0.15, -0.1) is 0 Å². The van der Waals surface area contributed by atoms with E-state index in [0.717, 1.165) is 17.7 Å². The van der Waals surface area contributed by atoms with E-state index in [1.807, 2.05) is 42.5 Å². The molecule has 0 saturated heterocycles. The van der Waals surface area contributed by atoms with Crippen molar-refractivity contribution < 1.29 is 9.53 Å². The highest BCUT2D eigenvalue weighted by molar-refractivity contribution is 5.89. The molecule has 2 N–H and O–H groups in total. The van der Waals surface area contributed by atoms with Gasteiger partial charge in [0.2, 0.25) is 0 Å². The molecule has 4 rings (SSSR count). The molecule has 5 heteroatoms. The topological polar surface area (TPSA) is 63.2 Å². The maximum Gasteiger partial charge on any atom is 0.319 e. The van der Waals surface area contributed by atoms with Crippen molar-refractivity contribution in [2.75, 3.05) is 11.9 Å². The fraction of sp³-hybridized carbons (Fsp3) is 0.111. The van der Waals surface area contributed by atoms with Crippen molar-refractivity contribution in [1.29, 1.82) is 0 Å². The molecule has 5 nitrogen and oxygen atoms in total. The molecule has 0 saturated carbocycles. The average Bonchev–Trinajstić information content (AvgIpc) is 2.85. The van der Waals surface area contributed by atoms with E-state index in [-0.39, 0.29) is 6.03 Å². The monoisotopic (exact) mass is 423 g/mol. The lowest BCUT2D eigenvalue weighted by Crippen LogP contribution is -2.28. The Morgan fingerprint density at radius 3 is 2.41 bits per heavy atom. The zero-order valence-corrected chi connectivity index (χ0v) is 17.7. The number of amides is 2. The third kappa shape index (κ3) is 5.95. The largest absolute Gasteiger partial charge is 0.493 e. The number of nitrogens with zero attached hydrogens (tertiary/aromatic N) is 1. The summed E-state index contributed by atoms with van der Waals surface area (Å²) in [6, 6.07) is 29.7. The fourth-order valence-corrected chi connectivity index (χ4v) is 3.41. The van der Waals surface area contributed by atoms with Crippen LogP contribution in [0.25, 0.3) is 11.1 Å². The lowest BCUT2D eigenvalue weighted by molar-refractivity contribution is 0.251. The molecule has 0 radical (unpaired) electrons. The Labute approximate surface area is 188 Å². The van der Waals surface area contributed by atoms with Gasteiger partial charge in [-0.25, -0.2) is 4.79 Å². The van der Waals surface area contributed by atoms with Crippen LogP contribution in [0.3, 0.4) is 0 Å². The molecule has 3 aromatic carbocycles. The Balaban J connectivity index is 1.26. The van der Waals surface area contributed by atoms with Gasteiger partial charge in [0.15, 0.2) is 0 Å². The lowest BCUT2D eigenvalue weighted by atomic mass is 9.98. The number of ether oxygens (including phenoxy) is 1. The van der Waals surface area contributed by atoms with Crippen molar-refractivity contribution in [3.05, 3.63) is 115 Å². The molecule has 1 aromatic heterocycles. The van der Waals surface area contributed by atoms with E-state index in [4.69, 9.17) is 4.74 Å². The molecule has 160 valence electrons. The summed E-state index contributed by atoms with van der Waals surface area (Å²) in [7, 11) is 0. The van der Waals surface area contributed by atoms with Crippen molar-refractivity contribution in [2.24, 2.45) is 0 Å². The van der Waals surface area contributed by atoms with Crippen LogP contribution in [-0.4, -0.2) is 17.6 Å². The highest BCUT2D eigenvalue weighted by Crippen LogP contribution is 2.24. The van der Waals surface area contributed by atoms with Crippen LogP contribution in [0.15, 0.2) is 103 Å². The van der Waals surface area contributed by atoms with Crippen molar-refractivity contribution >= 4 is 11.7 Å². The number of anilines is 1. The number of nitrogens with one attached hydrogen (secondary N) is 2. The van der Waals surface area contributed by atoms with Gasteiger partial charge in [-0.2, -0.15) is 0 Å². The van der Waals surface area contributed by atoms with Crippen LogP contribution in [-0.2, 0) is 13.0 Å². The molecule has 1 heterocycles. The van der Waals surface area contributed by atoms with E-state index in [0.29, 0.717) is 18.8 Å². The van der Waals surface area contributed by atoms with E-state index in [1.165, 1.54) is 16.7 Å². The van der Waals surface area contributed by atoms with Crippen molar-refractivity contribution in [3.8, 4) is 16.9 Å². The highest BCUT2D eigenvalue weighted by atomic mass is 16.5. The van der Waals surface area contributed by atoms with E-state index in [9.17, 15) is 4.79 Å². The van der Waals surface area contributed by atoms with Gasteiger partial charge in [0.25, 0.3) is 0 Å². The van der Waals surface area contributed by atoms with Gasteiger partial charge < -0.3 is 15.4 Å². The summed E-state index contributed by atoms with van der Waals surface area (Å²) in [4.78, 5) is 16.1. The molecule has 0 atom stereocenters. The third-order valence-electron chi connectivity index (χ3n) is 5.03. The summed E-state index contributed by atoms with van der Waals surface area (Å²) in [5.41, 5.74) is 5.34. The van der Waals surface area contributed by atoms with E-state index < -0.39 is 0 Å². The number of pyridine rings is 1. The van der Waals surface area contributed by atoms with Crippen LogP contribution in [0.1, 0.15) is 11.1 Å². The summed E-state index contributed by atoms with van der Waals surface area (Å²) < 4.78 is 5.93. The summed E-state index contributed by atoms with van der Waals surface area (Å²) in [6.45, 7) is 0.994. The Morgan fingerprint density at radius 1 is 0.844 bits per heavy atom. The van der Waals surface area contributed by atoms with Gasteiger partial charge in [-0.1, -0.05) is 60.7 Å². The summed E-state index contributed by atoms with van der Waals surface area (Å²) >= 11 is 0. The van der Waals surface area contributed by atoms with Gasteiger partial charge in [0.05, 0.1) is 6.61 Å². The average molecular weight is 424 g/mol. The first-order valence-corrected chi connectivity index (χ1v) is 10.6. The number of benzene rings is 3. The van der Waals surface area contributed by atoms with Crippen molar-refractivity contribution in [1.82, 2.24) is 10.3 Å². The van der Waals surface area contributed by atoms with Gasteiger partial charge >= 0.3 is 6.03 Å². The first-order valence-electron chi connectivity index (χ1n) is 10.6. The minimum Gasteiger partial charge on any atom is -0.493 e. The standard InChI is InChI=1S/C27H25N3O2/c31-27(29-20-21-7-6-17-28-19-21)30-24-12-14-25(15-13-24)32-18-16-23-10-4-5-11-26(23)22-8-2-1-3-9-22/h1-15,17,19H,16,18,20H2,(H2,29,30,31). The molecule has 0 bridgehead atoms. The molecule has 0 unspecified atom stereocenters. The molecule has 2 amide bonds. The molecule has 0 aliphatic heterocycles. The van der Waals surface area contributed by atoms with Crippen molar-refractivity contribution in [3.63, 3.8) is 0 Å². The SMILES string of the molecule is O=C(NCc1cccnc1)Nc1ccc(OCCc2ccccc2-c2ccccc2)cc1. The number of carbonyl (C=O) groups is 1. The predicted molar refractivity (Wildman–Crippen MR) is 128 cm³/mol. The Bertz CT molecular complexity index is 1130. The lowest BCUT2D eigenvalue weighted by Gasteiger charge is -2.12. The number of hydrogen-bond acceptors (Lipinski definition) is 3. The van der Waals surface area contributed by atoms with Crippen molar-refractivity contribution in [2.45, 2.75) is 13.0 Å². The molecular weight excluding hydrogens is 398 g/mol. The van der Waals surface area contributed by atoms with Crippen LogP contribution in [0.2, 0.25) is 0 Å². The zero-order chi connectivity index (χ0) is 22.0. The number of urea groups is 1. The second kappa shape index (κ2) is 10.8. The highest BCUT2D eigenvalue weighted by Gasteiger charge is 2.05. The third-order valence-corrected chi connectivity index (χ3v) is 5.03. The smallest absolute Gasteiger partial charge is 0.319 e. The van der Waals surface area contributed by atoms with E-state index in [1.54, 1.807) is 12.4 Å². The molecule has 0 aliphatic carbocycles. The fourth-order valence-electron chi connectivity index (χ4n) is 3.41. The van der Waals surface area contributed by atoms with Gasteiger partial charge in [-0.3, -0.25) is 4.98 Å². The Hall–Kier alpha value is -4.12. The van der Waals surface area contributed by atoms with Gasteiger partial charge in [0, 0.05) is 31.0 Å². The van der Waals surface area contributed by atoms with Crippen LogP contribution in [0.5, 0.6) is 5.75 Å². The first-order chi connectivity index (χ1) is 15.8. The normalized spacial score (nSPS) is 10.4. The number of carbonyl (C=O) groups excluding carboxylic acids is 1.